The molecule has 9 aromatic rings. The van der Waals surface area contributed by atoms with Crippen molar-refractivity contribution in [3.63, 3.8) is 0 Å². The van der Waals surface area contributed by atoms with Crippen LogP contribution in [-0.2, 0) is 17.3 Å². The number of aryl methyl sites for hydroxylation is 1. The highest BCUT2D eigenvalue weighted by Crippen LogP contribution is 2.39. The van der Waals surface area contributed by atoms with Gasteiger partial charge in [0.05, 0.1) is 22.4 Å². The van der Waals surface area contributed by atoms with E-state index in [-0.39, 0.29) is 10.8 Å². The van der Waals surface area contributed by atoms with Crippen molar-refractivity contribution in [3.05, 3.63) is 187 Å². The lowest BCUT2D eigenvalue weighted by Gasteiger charge is -2.27. The molecule has 0 atom stereocenters. The summed E-state index contributed by atoms with van der Waals surface area (Å²) in [6.07, 6.45) is 10.7. The minimum absolute atomic E-state index is 0.00905. The predicted octanol–water partition coefficient (Wildman–Crippen LogP) is 13.3. The fraction of sp³-hybridized carbons (Fsp3) is 0.185. The van der Waals surface area contributed by atoms with Crippen molar-refractivity contribution in [2.75, 3.05) is 0 Å². The highest BCUT2D eigenvalue weighted by atomic mass is 16.5. The third-order valence-electron chi connectivity index (χ3n) is 11.3. The predicted molar refractivity (Wildman–Crippen MR) is 242 cm³/mol. The number of ether oxygens (including phenoxy) is 1. The number of rotatable bonds is 8. The summed E-state index contributed by atoms with van der Waals surface area (Å²) in [5, 5.41) is 2.34. The summed E-state index contributed by atoms with van der Waals surface area (Å²) >= 11 is 0. The summed E-state index contributed by atoms with van der Waals surface area (Å²) < 4.78 is 13.1. The van der Waals surface area contributed by atoms with Crippen molar-refractivity contribution in [2.45, 2.75) is 65.7 Å². The molecule has 0 N–H and O–H groups in total. The van der Waals surface area contributed by atoms with Crippen molar-refractivity contribution in [3.8, 4) is 50.9 Å². The second-order valence-electron chi connectivity index (χ2n) is 17.5. The molecule has 0 amide bonds. The average molecular weight is 771 g/mol. The van der Waals surface area contributed by atoms with Crippen molar-refractivity contribution >= 4 is 21.8 Å². The number of hydrogen-bond donors (Lipinski definition) is 0. The summed E-state index contributed by atoms with van der Waals surface area (Å²) in [6, 6.07) is 51.7. The van der Waals surface area contributed by atoms with Gasteiger partial charge in [-0.1, -0.05) is 139 Å². The van der Waals surface area contributed by atoms with Gasteiger partial charge in [0.1, 0.15) is 17.3 Å². The highest BCUT2D eigenvalue weighted by molar-refractivity contribution is 6.09. The van der Waals surface area contributed by atoms with Gasteiger partial charge < -0.3 is 4.74 Å². The van der Waals surface area contributed by atoms with Gasteiger partial charge in [-0.2, -0.15) is 0 Å². The maximum Gasteiger partial charge on any atom is 0.268 e. The van der Waals surface area contributed by atoms with Crippen LogP contribution < -0.4 is 9.30 Å². The Morgan fingerprint density at radius 1 is 0.610 bits per heavy atom. The number of para-hydroxylation sites is 2. The molecule has 0 aliphatic rings. The maximum atomic E-state index is 6.64. The standard InChI is InChI=1S/C54H50N4O/c1-8-37-26-27-55-51(30-37)58-49-23-13-12-20-47(49)48-25-24-44(35-50(48)58)59-43-19-14-18-42(34-43)56-28-29-57(36-56)52-45(38-16-10-9-11-17-38)21-15-22-46(52)39-31-40(53(2,3)4)33-41(32-39)54(5,6)7/h9-35H,8H2,1-7H3. The number of imidazole rings is 1. The first-order valence-corrected chi connectivity index (χ1v) is 20.6. The van der Waals surface area contributed by atoms with E-state index in [1.165, 1.54) is 27.6 Å². The topological polar surface area (TPSA) is 35.9 Å². The Kier molecular flexibility index (Phi) is 9.55. The van der Waals surface area contributed by atoms with Crippen LogP contribution in [0.5, 0.6) is 11.5 Å². The Morgan fingerprint density at radius 3 is 2.03 bits per heavy atom. The van der Waals surface area contributed by atoms with E-state index in [0.29, 0.717) is 0 Å². The number of hydrogen-bond acceptors (Lipinski definition) is 2. The van der Waals surface area contributed by atoms with Crippen LogP contribution in [0.1, 0.15) is 65.2 Å². The fourth-order valence-electron chi connectivity index (χ4n) is 8.02. The van der Waals surface area contributed by atoms with Crippen LogP contribution in [0.2, 0.25) is 0 Å². The molecule has 5 nitrogen and oxygen atoms in total. The molecule has 0 saturated carbocycles. The summed E-state index contributed by atoms with van der Waals surface area (Å²) in [4.78, 5) is 4.80. The summed E-state index contributed by atoms with van der Waals surface area (Å²) in [5.74, 6) is 2.40. The van der Waals surface area contributed by atoms with Gasteiger partial charge in [-0.25, -0.2) is 4.98 Å². The Bertz CT molecular complexity index is 2940. The van der Waals surface area contributed by atoms with E-state index >= 15 is 0 Å². The Morgan fingerprint density at radius 2 is 1.29 bits per heavy atom. The van der Waals surface area contributed by atoms with E-state index in [1.54, 1.807) is 0 Å². The van der Waals surface area contributed by atoms with Crippen LogP contribution >= 0.6 is 0 Å². The van der Waals surface area contributed by atoms with Crippen molar-refractivity contribution in [2.24, 2.45) is 0 Å². The Hall–Kier alpha value is -6.72. The van der Waals surface area contributed by atoms with Crippen LogP contribution in [0.4, 0.5) is 0 Å². The second kappa shape index (κ2) is 14.9. The Balaban J connectivity index is 1.11. The lowest BCUT2D eigenvalue weighted by Crippen LogP contribution is -2.30. The molecule has 6 aromatic carbocycles. The zero-order valence-corrected chi connectivity index (χ0v) is 35.0. The minimum atomic E-state index is -0.00905. The first kappa shape index (κ1) is 37.8. The SMILES string of the molecule is CCc1ccnc(-n2c3ccccc3c3ccc(Oc4cccc(-n5[c-][n+](-c6c(-c7ccccc7)cccc6-c6cc(C(C)(C)C)cc(C(C)(C)C)c6)cc5)c4)cc32)c1. The van der Waals surface area contributed by atoms with Gasteiger partial charge in [0, 0.05) is 35.4 Å². The quantitative estimate of drug-likeness (QED) is 0.114. The molecule has 9 rings (SSSR count). The van der Waals surface area contributed by atoms with Gasteiger partial charge >= 0.3 is 0 Å². The van der Waals surface area contributed by atoms with E-state index < -0.39 is 0 Å². The van der Waals surface area contributed by atoms with Gasteiger partial charge in [-0.05, 0) is 105 Å². The monoisotopic (exact) mass is 770 g/mol. The zero-order chi connectivity index (χ0) is 40.9. The molecule has 3 heterocycles. The smallest absolute Gasteiger partial charge is 0.268 e. The number of aromatic nitrogens is 4. The van der Waals surface area contributed by atoms with Crippen molar-refractivity contribution in [1.29, 1.82) is 0 Å². The first-order valence-electron chi connectivity index (χ1n) is 20.6. The van der Waals surface area contributed by atoms with Crippen LogP contribution in [0.25, 0.3) is 61.3 Å². The largest absolute Gasteiger partial charge is 0.458 e. The molecular weight excluding hydrogens is 721 g/mol. The molecule has 0 aliphatic carbocycles. The van der Waals surface area contributed by atoms with Gasteiger partial charge in [0.15, 0.2) is 0 Å². The molecule has 3 aromatic heterocycles. The lowest BCUT2D eigenvalue weighted by molar-refractivity contribution is -0.598. The highest BCUT2D eigenvalue weighted by Gasteiger charge is 2.23. The van der Waals surface area contributed by atoms with Gasteiger partial charge in [-0.15, -0.1) is 0 Å². The number of nitrogens with zero attached hydrogens (tertiary/aromatic N) is 4. The molecule has 0 spiro atoms. The van der Waals surface area contributed by atoms with Crippen LogP contribution in [0.15, 0.2) is 164 Å². The van der Waals surface area contributed by atoms with Crippen molar-refractivity contribution < 1.29 is 9.30 Å². The van der Waals surface area contributed by atoms with E-state index in [1.807, 2.05) is 22.9 Å². The first-order chi connectivity index (χ1) is 28.4. The van der Waals surface area contributed by atoms with Crippen LogP contribution in [-0.4, -0.2) is 14.1 Å². The van der Waals surface area contributed by atoms with E-state index in [4.69, 9.17) is 9.72 Å². The van der Waals surface area contributed by atoms with E-state index in [0.717, 1.165) is 68.2 Å². The normalized spacial score (nSPS) is 12.1. The molecule has 59 heavy (non-hydrogen) atoms. The molecule has 5 heteroatoms. The van der Waals surface area contributed by atoms with Crippen LogP contribution in [0.3, 0.4) is 0 Å². The minimum Gasteiger partial charge on any atom is -0.458 e. The molecule has 0 bridgehead atoms. The summed E-state index contributed by atoms with van der Waals surface area (Å²) in [7, 11) is 0. The average Bonchev–Trinajstić information content (AvgIpc) is 3.86. The maximum absolute atomic E-state index is 6.64. The van der Waals surface area contributed by atoms with Crippen LogP contribution in [0, 0.1) is 6.33 Å². The molecule has 292 valence electrons. The molecule has 0 saturated heterocycles. The fourth-order valence-corrected chi connectivity index (χ4v) is 8.02. The van der Waals surface area contributed by atoms with Gasteiger partial charge in [-0.3, -0.25) is 13.7 Å². The Labute approximate surface area is 347 Å². The molecule has 0 aliphatic heterocycles. The third-order valence-corrected chi connectivity index (χ3v) is 11.3. The number of benzene rings is 6. The second-order valence-corrected chi connectivity index (χ2v) is 17.5. The van der Waals surface area contributed by atoms with Gasteiger partial charge in [0.25, 0.3) is 6.33 Å². The molecule has 0 fully saturated rings. The zero-order valence-electron chi connectivity index (χ0n) is 35.0. The van der Waals surface area contributed by atoms with E-state index in [9.17, 15) is 0 Å². The van der Waals surface area contributed by atoms with E-state index in [2.05, 4.69) is 210 Å². The molecule has 0 radical (unpaired) electrons. The molecular formula is C54H50N4O. The van der Waals surface area contributed by atoms with Crippen molar-refractivity contribution in [1.82, 2.24) is 14.1 Å². The number of fused-ring (bicyclic) bond motifs is 3. The van der Waals surface area contributed by atoms with Gasteiger partial charge in [0.2, 0.25) is 0 Å². The molecule has 0 unspecified atom stereocenters. The third kappa shape index (κ3) is 7.34. The summed E-state index contributed by atoms with van der Waals surface area (Å²) in [6.45, 7) is 15.9. The number of pyridine rings is 1. The lowest BCUT2D eigenvalue weighted by atomic mass is 9.78. The summed E-state index contributed by atoms with van der Waals surface area (Å²) in [5.41, 5.74) is 12.7.